The fraction of sp³-hybridized carbons (Fsp3) is 0.261. The molecule has 0 aliphatic carbocycles. The second-order valence-corrected chi connectivity index (χ2v) is 6.94. The van der Waals surface area contributed by atoms with Gasteiger partial charge in [-0.25, -0.2) is 4.98 Å². The molecule has 148 valence electrons. The molecular formula is C23H23N3O3. The number of rotatable bonds is 7. The Labute approximate surface area is 169 Å². The van der Waals surface area contributed by atoms with Crippen molar-refractivity contribution in [1.29, 1.82) is 0 Å². The standard InChI is InChI=1S/C23H23N3O3/c1-3-25(4-2)12-13-26-22(27)18-11-10-17(14-19(18)23(26)28)21-24-15-20(29-21)16-8-6-5-7-9-16/h5-11,14-15H,3-4,12-13H2,1-2H3. The normalized spacial score (nSPS) is 13.4. The molecule has 2 heterocycles. The lowest BCUT2D eigenvalue weighted by Gasteiger charge is -2.21. The fourth-order valence-corrected chi connectivity index (χ4v) is 3.55. The topological polar surface area (TPSA) is 66.7 Å². The van der Waals surface area contributed by atoms with Gasteiger partial charge in [0.05, 0.1) is 17.3 Å². The summed E-state index contributed by atoms with van der Waals surface area (Å²) in [4.78, 5) is 33.4. The van der Waals surface area contributed by atoms with E-state index in [1.165, 1.54) is 4.90 Å². The first-order valence-corrected chi connectivity index (χ1v) is 9.86. The molecule has 6 nitrogen and oxygen atoms in total. The number of carbonyl (C=O) groups is 2. The van der Waals surface area contributed by atoms with Crippen LogP contribution in [0, 0.1) is 0 Å². The maximum Gasteiger partial charge on any atom is 0.261 e. The predicted molar refractivity (Wildman–Crippen MR) is 111 cm³/mol. The average molecular weight is 389 g/mol. The van der Waals surface area contributed by atoms with Crippen molar-refractivity contribution in [1.82, 2.24) is 14.8 Å². The summed E-state index contributed by atoms with van der Waals surface area (Å²) < 4.78 is 5.88. The number of aromatic nitrogens is 1. The molecule has 0 saturated carbocycles. The van der Waals surface area contributed by atoms with Crippen LogP contribution in [0.5, 0.6) is 0 Å². The van der Waals surface area contributed by atoms with Crippen LogP contribution in [0.2, 0.25) is 0 Å². The van der Waals surface area contributed by atoms with Crippen LogP contribution in [0.4, 0.5) is 0 Å². The van der Waals surface area contributed by atoms with E-state index in [1.54, 1.807) is 24.4 Å². The van der Waals surface area contributed by atoms with Crippen LogP contribution in [0.3, 0.4) is 0 Å². The highest BCUT2D eigenvalue weighted by molar-refractivity contribution is 6.21. The van der Waals surface area contributed by atoms with Crippen molar-refractivity contribution in [3.05, 3.63) is 65.9 Å². The number of fused-ring (bicyclic) bond motifs is 1. The van der Waals surface area contributed by atoms with Gasteiger partial charge < -0.3 is 9.32 Å². The fourth-order valence-electron chi connectivity index (χ4n) is 3.55. The summed E-state index contributed by atoms with van der Waals surface area (Å²) in [7, 11) is 0. The van der Waals surface area contributed by atoms with Gasteiger partial charge in [-0.05, 0) is 31.3 Å². The van der Waals surface area contributed by atoms with Gasteiger partial charge in [-0.1, -0.05) is 44.2 Å². The largest absolute Gasteiger partial charge is 0.436 e. The number of likely N-dealkylation sites (N-methyl/N-ethyl adjacent to an activating group) is 1. The molecule has 3 aromatic rings. The minimum Gasteiger partial charge on any atom is -0.436 e. The lowest BCUT2D eigenvalue weighted by molar-refractivity contribution is 0.0638. The van der Waals surface area contributed by atoms with E-state index in [0.29, 0.717) is 41.4 Å². The molecule has 2 aromatic carbocycles. The second kappa shape index (κ2) is 8.01. The van der Waals surface area contributed by atoms with Crippen LogP contribution in [-0.4, -0.2) is 52.8 Å². The molecule has 0 fully saturated rings. The molecule has 6 heteroatoms. The maximum atomic E-state index is 12.8. The Morgan fingerprint density at radius 3 is 2.38 bits per heavy atom. The van der Waals surface area contributed by atoms with Gasteiger partial charge in [0, 0.05) is 24.2 Å². The van der Waals surface area contributed by atoms with Crippen molar-refractivity contribution >= 4 is 11.8 Å². The van der Waals surface area contributed by atoms with Gasteiger partial charge in [0.25, 0.3) is 11.8 Å². The summed E-state index contributed by atoms with van der Waals surface area (Å²) in [5, 5.41) is 0. The van der Waals surface area contributed by atoms with E-state index in [2.05, 4.69) is 23.7 Å². The minimum absolute atomic E-state index is 0.235. The number of benzene rings is 2. The first kappa shape index (κ1) is 19.1. The van der Waals surface area contributed by atoms with Gasteiger partial charge in [-0.15, -0.1) is 0 Å². The SMILES string of the molecule is CCN(CC)CCN1C(=O)c2ccc(-c3ncc(-c4ccccc4)o3)cc2C1=O. The van der Waals surface area contributed by atoms with Crippen LogP contribution < -0.4 is 0 Å². The van der Waals surface area contributed by atoms with Gasteiger partial charge in [0.15, 0.2) is 5.76 Å². The van der Waals surface area contributed by atoms with E-state index >= 15 is 0 Å². The van der Waals surface area contributed by atoms with Gasteiger partial charge in [-0.3, -0.25) is 14.5 Å². The van der Waals surface area contributed by atoms with Crippen molar-refractivity contribution in [2.24, 2.45) is 0 Å². The van der Waals surface area contributed by atoms with Crippen molar-refractivity contribution < 1.29 is 14.0 Å². The highest BCUT2D eigenvalue weighted by Crippen LogP contribution is 2.30. The Balaban J connectivity index is 1.57. The van der Waals surface area contributed by atoms with E-state index in [0.717, 1.165) is 18.7 Å². The first-order valence-electron chi connectivity index (χ1n) is 9.86. The summed E-state index contributed by atoms with van der Waals surface area (Å²) in [5.74, 6) is 0.591. The third-order valence-corrected chi connectivity index (χ3v) is 5.32. The molecule has 0 radical (unpaired) electrons. The first-order chi connectivity index (χ1) is 14.1. The van der Waals surface area contributed by atoms with E-state index < -0.39 is 0 Å². The molecular weight excluding hydrogens is 366 g/mol. The average Bonchev–Trinajstić information content (AvgIpc) is 3.34. The number of oxazole rings is 1. The number of hydrogen-bond acceptors (Lipinski definition) is 5. The molecule has 1 aliphatic rings. The van der Waals surface area contributed by atoms with Crippen LogP contribution in [0.1, 0.15) is 34.6 Å². The van der Waals surface area contributed by atoms with Crippen LogP contribution in [0.15, 0.2) is 59.1 Å². The minimum atomic E-state index is -0.256. The molecule has 0 spiro atoms. The molecule has 2 amide bonds. The Morgan fingerprint density at radius 1 is 0.931 bits per heavy atom. The molecule has 0 bridgehead atoms. The Kier molecular flexibility index (Phi) is 5.27. The van der Waals surface area contributed by atoms with E-state index in [4.69, 9.17) is 4.42 Å². The maximum absolute atomic E-state index is 12.8. The third-order valence-electron chi connectivity index (χ3n) is 5.32. The molecule has 0 unspecified atom stereocenters. The van der Waals surface area contributed by atoms with Gasteiger partial charge in [-0.2, -0.15) is 0 Å². The molecule has 0 atom stereocenters. The number of carbonyl (C=O) groups excluding carboxylic acids is 2. The Bertz CT molecular complexity index is 1040. The summed E-state index contributed by atoms with van der Waals surface area (Å²) in [5.41, 5.74) is 2.46. The van der Waals surface area contributed by atoms with Gasteiger partial charge >= 0.3 is 0 Å². The monoisotopic (exact) mass is 389 g/mol. The molecule has 0 saturated heterocycles. The molecule has 29 heavy (non-hydrogen) atoms. The molecule has 1 aliphatic heterocycles. The third kappa shape index (κ3) is 3.59. The molecule has 4 rings (SSSR count). The van der Waals surface area contributed by atoms with Crippen molar-refractivity contribution in [3.8, 4) is 22.8 Å². The van der Waals surface area contributed by atoms with Crippen LogP contribution >= 0.6 is 0 Å². The summed E-state index contributed by atoms with van der Waals surface area (Å²) in [6.45, 7) is 6.97. The summed E-state index contributed by atoms with van der Waals surface area (Å²) >= 11 is 0. The number of imide groups is 1. The highest BCUT2D eigenvalue weighted by atomic mass is 16.4. The van der Waals surface area contributed by atoms with Crippen molar-refractivity contribution in [3.63, 3.8) is 0 Å². The number of amides is 2. The summed E-state index contributed by atoms with van der Waals surface area (Å²) in [6, 6.07) is 14.9. The highest BCUT2D eigenvalue weighted by Gasteiger charge is 2.35. The smallest absolute Gasteiger partial charge is 0.261 e. The van der Waals surface area contributed by atoms with Crippen molar-refractivity contribution in [2.45, 2.75) is 13.8 Å². The van der Waals surface area contributed by atoms with Gasteiger partial charge in [0.2, 0.25) is 5.89 Å². The lowest BCUT2D eigenvalue weighted by Crippen LogP contribution is -2.38. The summed E-state index contributed by atoms with van der Waals surface area (Å²) in [6.07, 6.45) is 1.67. The number of nitrogens with zero attached hydrogens (tertiary/aromatic N) is 3. The van der Waals surface area contributed by atoms with E-state index in [-0.39, 0.29) is 11.8 Å². The Morgan fingerprint density at radius 2 is 1.66 bits per heavy atom. The zero-order valence-electron chi connectivity index (χ0n) is 16.6. The van der Waals surface area contributed by atoms with E-state index in [1.807, 2.05) is 30.3 Å². The van der Waals surface area contributed by atoms with Gasteiger partial charge in [0.1, 0.15) is 0 Å². The van der Waals surface area contributed by atoms with Crippen LogP contribution in [-0.2, 0) is 0 Å². The van der Waals surface area contributed by atoms with Crippen LogP contribution in [0.25, 0.3) is 22.8 Å². The second-order valence-electron chi connectivity index (χ2n) is 6.94. The number of hydrogen-bond donors (Lipinski definition) is 0. The zero-order chi connectivity index (χ0) is 20.4. The molecule has 0 N–H and O–H groups in total. The Hall–Kier alpha value is -3.25. The van der Waals surface area contributed by atoms with Crippen molar-refractivity contribution in [2.75, 3.05) is 26.2 Å². The lowest BCUT2D eigenvalue weighted by atomic mass is 10.1. The van der Waals surface area contributed by atoms with E-state index in [9.17, 15) is 9.59 Å². The zero-order valence-corrected chi connectivity index (χ0v) is 16.6. The predicted octanol–water partition coefficient (Wildman–Crippen LogP) is 3.95. The quantitative estimate of drug-likeness (QED) is 0.573. The molecule has 1 aromatic heterocycles.